The monoisotopic (exact) mass is 652 g/mol. The van der Waals surface area contributed by atoms with Gasteiger partial charge in [-0.1, -0.05) is 144 Å². The Kier molecular flexibility index (Phi) is 12.0. The minimum Gasteiger partial charge on any atom is -0.168 e. The van der Waals surface area contributed by atoms with Crippen molar-refractivity contribution in [3.8, 4) is 44.5 Å². The van der Waals surface area contributed by atoms with Crippen LogP contribution in [0.4, 0.5) is 0 Å². The van der Waals surface area contributed by atoms with Gasteiger partial charge in [0.15, 0.2) is 0 Å². The quantitative estimate of drug-likeness (QED) is 0.131. The third kappa shape index (κ3) is 8.63. The number of benzene rings is 4. The first-order valence-corrected chi connectivity index (χ1v) is 25.8. The maximum absolute atomic E-state index is 5.62. The molecule has 0 saturated heterocycles. The summed E-state index contributed by atoms with van der Waals surface area (Å²) in [5.41, 5.74) is 10.1. The van der Waals surface area contributed by atoms with E-state index in [1.54, 1.807) is 0 Å². The Hall–Kier alpha value is -2.74. The first kappa shape index (κ1) is 30.2. The van der Waals surface area contributed by atoms with Crippen LogP contribution in [0, 0.1) is 0 Å². The van der Waals surface area contributed by atoms with Crippen molar-refractivity contribution in [1.82, 2.24) is 0 Å². The molecule has 0 aromatic heterocycles. The van der Waals surface area contributed by atoms with Crippen LogP contribution >= 0.6 is 17.0 Å². The van der Waals surface area contributed by atoms with E-state index in [-0.39, 0.29) is 5.43 Å². The molecule has 6 rings (SSSR count). The summed E-state index contributed by atoms with van der Waals surface area (Å²) in [6.07, 6.45) is 0. The molecule has 0 heterocycles. The zero-order chi connectivity index (χ0) is 28.2. The molecule has 0 aliphatic carbocycles. The van der Waals surface area contributed by atoms with E-state index < -0.39 is 18.0 Å². The number of hydrogen-bond donors (Lipinski definition) is 0. The van der Waals surface area contributed by atoms with E-state index in [4.69, 9.17) is 17.0 Å². The molecule has 0 unspecified atom stereocenters. The van der Waals surface area contributed by atoms with Gasteiger partial charge in [0, 0.05) is 0 Å². The SMILES string of the molecule is C[Si](C)=[Zr]([Cl])[Cl].c1ccc(-c2cc[cH-]c2-c2ccccc2)cc1.c1ccc(-c2cc[cH-]c2-c2ccccc2)cc1. The van der Waals surface area contributed by atoms with Crippen molar-refractivity contribution in [2.45, 2.75) is 13.1 Å². The van der Waals surface area contributed by atoms with Gasteiger partial charge in [-0.2, -0.15) is 24.3 Å². The van der Waals surface area contributed by atoms with Gasteiger partial charge in [0.1, 0.15) is 0 Å². The molecule has 200 valence electrons. The van der Waals surface area contributed by atoms with Crippen LogP contribution in [0.2, 0.25) is 13.1 Å². The Morgan fingerprint density at radius 1 is 0.450 bits per heavy atom. The van der Waals surface area contributed by atoms with Crippen LogP contribution in [0.1, 0.15) is 0 Å². The summed E-state index contributed by atoms with van der Waals surface area (Å²) >= 11 is -1.65. The average Bonchev–Trinajstić information content (AvgIpc) is 3.70. The molecule has 0 amide bonds. The second kappa shape index (κ2) is 15.9. The molecule has 4 heteroatoms. The van der Waals surface area contributed by atoms with Crippen LogP contribution in [0.15, 0.2) is 158 Å². The summed E-state index contributed by atoms with van der Waals surface area (Å²) in [5, 5.41) is 0. The zero-order valence-electron chi connectivity index (χ0n) is 22.8. The van der Waals surface area contributed by atoms with Gasteiger partial charge in [-0.3, -0.25) is 0 Å². The van der Waals surface area contributed by atoms with E-state index in [1.807, 2.05) is 0 Å². The largest absolute Gasteiger partial charge is 0.168 e. The predicted octanol–water partition coefficient (Wildman–Crippen LogP) is 11.6. The van der Waals surface area contributed by atoms with Crippen molar-refractivity contribution in [2.24, 2.45) is 0 Å². The molecule has 0 saturated carbocycles. The van der Waals surface area contributed by atoms with Crippen molar-refractivity contribution in [3.05, 3.63) is 158 Å². The molecular formula is C36H32Cl2SiZr-2. The summed E-state index contributed by atoms with van der Waals surface area (Å²) in [6.45, 7) is 4.33. The Balaban J connectivity index is 0.000000155. The fourth-order valence-electron chi connectivity index (χ4n) is 4.32. The van der Waals surface area contributed by atoms with Crippen molar-refractivity contribution in [2.75, 3.05) is 0 Å². The van der Waals surface area contributed by atoms with Gasteiger partial charge in [-0.25, -0.2) is 0 Å². The van der Waals surface area contributed by atoms with Crippen LogP contribution in [0.25, 0.3) is 44.5 Å². The van der Waals surface area contributed by atoms with Gasteiger partial charge >= 0.3 is 53.5 Å². The summed E-state index contributed by atoms with van der Waals surface area (Å²) in [7, 11) is 11.2. The first-order chi connectivity index (χ1) is 19.5. The van der Waals surface area contributed by atoms with Crippen LogP contribution in [-0.4, -0.2) is 5.43 Å². The molecule has 0 nitrogen and oxygen atoms in total. The van der Waals surface area contributed by atoms with E-state index in [0.29, 0.717) is 0 Å². The van der Waals surface area contributed by atoms with Gasteiger partial charge < -0.3 is 0 Å². The molecule has 6 aromatic rings. The second-order valence-corrected chi connectivity index (χ2v) is 32.4. The summed E-state index contributed by atoms with van der Waals surface area (Å²) in [4.78, 5) is 0. The van der Waals surface area contributed by atoms with E-state index in [2.05, 4.69) is 171 Å². The van der Waals surface area contributed by atoms with Crippen molar-refractivity contribution < 1.29 is 18.0 Å². The van der Waals surface area contributed by atoms with Crippen LogP contribution in [-0.2, 0) is 18.0 Å². The minimum atomic E-state index is -1.65. The molecule has 0 aliphatic rings. The summed E-state index contributed by atoms with van der Waals surface area (Å²) in [5.74, 6) is 0. The Morgan fingerprint density at radius 2 is 0.725 bits per heavy atom. The fourth-order valence-corrected chi connectivity index (χ4v) is 4.32. The van der Waals surface area contributed by atoms with E-state index in [0.717, 1.165) is 0 Å². The molecular weight excluding hydrogens is 623 g/mol. The maximum Gasteiger partial charge on any atom is -0.0623 e. The Morgan fingerprint density at radius 3 is 1.00 bits per heavy atom. The molecule has 40 heavy (non-hydrogen) atoms. The number of rotatable bonds is 4. The van der Waals surface area contributed by atoms with Crippen LogP contribution in [0.5, 0.6) is 0 Å². The van der Waals surface area contributed by atoms with Crippen molar-refractivity contribution in [3.63, 3.8) is 0 Å². The number of hydrogen-bond acceptors (Lipinski definition) is 0. The van der Waals surface area contributed by atoms with Crippen molar-refractivity contribution >= 4 is 22.5 Å². The van der Waals surface area contributed by atoms with Gasteiger partial charge in [0.05, 0.1) is 0 Å². The van der Waals surface area contributed by atoms with E-state index in [9.17, 15) is 0 Å². The van der Waals surface area contributed by atoms with E-state index in [1.165, 1.54) is 44.5 Å². The van der Waals surface area contributed by atoms with Crippen molar-refractivity contribution in [1.29, 1.82) is 0 Å². The fraction of sp³-hybridized carbons (Fsp3) is 0.0556. The molecule has 0 spiro atoms. The molecule has 0 radical (unpaired) electrons. The molecule has 0 atom stereocenters. The minimum absolute atomic E-state index is 0.224. The van der Waals surface area contributed by atoms with Gasteiger partial charge in [0.2, 0.25) is 0 Å². The molecule has 0 fully saturated rings. The van der Waals surface area contributed by atoms with Crippen LogP contribution in [0.3, 0.4) is 0 Å². The van der Waals surface area contributed by atoms with Gasteiger partial charge in [-0.15, -0.1) is 34.4 Å². The standard InChI is InChI=1S/2C17H13.C2H6Si.2ClH.Zr/c2*1-3-8-14(9-4-1)16-12-7-13-17(16)15-10-5-2-6-11-15;1-3-2;;;/h2*1-13H;1-2H3;2*1H;/q2*-1;;;;+2/p-2. The zero-order valence-corrected chi connectivity index (χ0v) is 27.7. The third-order valence-electron chi connectivity index (χ3n) is 6.35. The predicted molar refractivity (Wildman–Crippen MR) is 175 cm³/mol. The smallest absolute Gasteiger partial charge is 0.0623 e. The van der Waals surface area contributed by atoms with Gasteiger partial charge in [-0.05, 0) is 0 Å². The number of halogens is 2. The molecule has 0 bridgehead atoms. The molecule has 6 aromatic carbocycles. The summed E-state index contributed by atoms with van der Waals surface area (Å²) < 4.78 is 0. The Labute approximate surface area is 253 Å². The maximum atomic E-state index is 5.62. The average molecular weight is 655 g/mol. The van der Waals surface area contributed by atoms with Gasteiger partial charge in [0.25, 0.3) is 0 Å². The van der Waals surface area contributed by atoms with E-state index >= 15 is 0 Å². The molecule has 0 N–H and O–H groups in total. The van der Waals surface area contributed by atoms with Crippen LogP contribution < -0.4 is 0 Å². The topological polar surface area (TPSA) is 0 Å². The Bertz CT molecular complexity index is 1360. The third-order valence-corrected chi connectivity index (χ3v) is 26.1. The normalized spacial score (nSPS) is 10.0. The first-order valence-electron chi connectivity index (χ1n) is 13.3. The summed E-state index contributed by atoms with van der Waals surface area (Å²) in [6, 6.07) is 55.0. The second-order valence-electron chi connectivity index (χ2n) is 9.43. The molecule has 0 aliphatic heterocycles.